The standard InChI is InChI=1S/C31H36N2O3/c1-30-17-18-31(2,33(30)4)21-28(20-30)36-27-12-8-9-23(19-27)22-32(3)29(34)24-13-15-26(16-14-24)35-25-10-6-5-7-11-25/h5-16,19,28H,17-18,20-22H2,1-4H3/t28?,30-,31+. The van der Waals surface area contributed by atoms with E-state index in [1.165, 1.54) is 12.8 Å². The Morgan fingerprint density at radius 1 is 0.889 bits per heavy atom. The molecule has 5 nitrogen and oxygen atoms in total. The Bertz CT molecular complexity index is 1190. The molecule has 0 aliphatic carbocycles. The molecule has 5 heteroatoms. The number of ether oxygens (including phenoxy) is 2. The summed E-state index contributed by atoms with van der Waals surface area (Å²) in [4.78, 5) is 17.4. The van der Waals surface area contributed by atoms with Gasteiger partial charge in [-0.2, -0.15) is 0 Å². The summed E-state index contributed by atoms with van der Waals surface area (Å²) in [5, 5.41) is 0. The van der Waals surface area contributed by atoms with E-state index in [0.29, 0.717) is 17.9 Å². The second-order valence-corrected chi connectivity index (χ2v) is 10.9. The number of piperidine rings is 1. The van der Waals surface area contributed by atoms with Gasteiger partial charge in [0.1, 0.15) is 23.4 Å². The minimum Gasteiger partial charge on any atom is -0.490 e. The minimum atomic E-state index is -0.0275. The molecule has 0 radical (unpaired) electrons. The van der Waals surface area contributed by atoms with Crippen molar-refractivity contribution in [1.29, 1.82) is 0 Å². The van der Waals surface area contributed by atoms with Gasteiger partial charge in [0, 0.05) is 43.1 Å². The van der Waals surface area contributed by atoms with Gasteiger partial charge in [0.2, 0.25) is 0 Å². The van der Waals surface area contributed by atoms with Crippen LogP contribution in [0.3, 0.4) is 0 Å². The lowest BCUT2D eigenvalue weighted by molar-refractivity contribution is -0.0250. The fourth-order valence-electron chi connectivity index (χ4n) is 5.91. The van der Waals surface area contributed by atoms with Gasteiger partial charge in [0.15, 0.2) is 0 Å². The van der Waals surface area contributed by atoms with E-state index in [-0.39, 0.29) is 23.1 Å². The van der Waals surface area contributed by atoms with Crippen LogP contribution in [0.1, 0.15) is 55.5 Å². The number of carbonyl (C=O) groups excluding carboxylic acids is 1. The van der Waals surface area contributed by atoms with Crippen molar-refractivity contribution in [3.05, 3.63) is 90.0 Å². The zero-order valence-electron chi connectivity index (χ0n) is 21.7. The summed E-state index contributed by atoms with van der Waals surface area (Å²) in [6.07, 6.45) is 4.76. The SMILES string of the molecule is CN(Cc1cccc(OC2C[C@]3(C)CC[C@](C)(C2)N3C)c1)C(=O)c1ccc(Oc2ccccc2)cc1. The predicted octanol–water partition coefficient (Wildman–Crippen LogP) is 6.54. The summed E-state index contributed by atoms with van der Waals surface area (Å²) in [7, 11) is 4.10. The molecule has 2 bridgehead atoms. The van der Waals surface area contributed by atoms with Gasteiger partial charge in [-0.05, 0) is 87.8 Å². The van der Waals surface area contributed by atoms with Crippen LogP contribution in [0, 0.1) is 0 Å². The van der Waals surface area contributed by atoms with E-state index in [9.17, 15) is 4.79 Å². The van der Waals surface area contributed by atoms with Gasteiger partial charge in [-0.1, -0.05) is 30.3 Å². The molecule has 2 aliphatic rings. The molecule has 1 amide bonds. The number of hydrogen-bond acceptors (Lipinski definition) is 4. The van der Waals surface area contributed by atoms with Crippen molar-refractivity contribution in [2.75, 3.05) is 14.1 Å². The molecule has 5 rings (SSSR count). The quantitative estimate of drug-likeness (QED) is 0.382. The second-order valence-electron chi connectivity index (χ2n) is 10.9. The topological polar surface area (TPSA) is 42.0 Å². The average molecular weight is 485 g/mol. The Morgan fingerprint density at radius 2 is 1.50 bits per heavy atom. The Morgan fingerprint density at radius 3 is 2.17 bits per heavy atom. The van der Waals surface area contributed by atoms with E-state index in [4.69, 9.17) is 9.47 Å². The Kier molecular flexibility index (Phi) is 6.52. The van der Waals surface area contributed by atoms with Gasteiger partial charge in [-0.3, -0.25) is 9.69 Å². The summed E-state index contributed by atoms with van der Waals surface area (Å²) in [5.74, 6) is 2.33. The van der Waals surface area contributed by atoms with E-state index < -0.39 is 0 Å². The van der Waals surface area contributed by atoms with Crippen molar-refractivity contribution in [3.63, 3.8) is 0 Å². The van der Waals surface area contributed by atoms with Crippen LogP contribution in [-0.2, 0) is 6.54 Å². The Balaban J connectivity index is 1.20. The molecule has 3 atom stereocenters. The molecule has 3 aromatic rings. The van der Waals surface area contributed by atoms with E-state index in [1.807, 2.05) is 73.8 Å². The van der Waals surface area contributed by atoms with Crippen molar-refractivity contribution in [2.24, 2.45) is 0 Å². The molecule has 1 unspecified atom stereocenters. The molecular formula is C31H36N2O3. The highest BCUT2D eigenvalue weighted by Crippen LogP contribution is 2.50. The highest BCUT2D eigenvalue weighted by atomic mass is 16.5. The van der Waals surface area contributed by atoms with Crippen LogP contribution < -0.4 is 9.47 Å². The average Bonchev–Trinajstić information content (AvgIpc) is 2.99. The van der Waals surface area contributed by atoms with Crippen molar-refractivity contribution >= 4 is 5.91 Å². The maximum absolute atomic E-state index is 13.1. The Labute approximate surface area is 214 Å². The lowest BCUT2D eigenvalue weighted by Gasteiger charge is -2.49. The van der Waals surface area contributed by atoms with Crippen LogP contribution >= 0.6 is 0 Å². The fourth-order valence-corrected chi connectivity index (χ4v) is 5.91. The normalized spacial score (nSPS) is 25.4. The lowest BCUT2D eigenvalue weighted by atomic mass is 9.84. The molecular weight excluding hydrogens is 448 g/mol. The summed E-state index contributed by atoms with van der Waals surface area (Å²) in [6, 6.07) is 25.1. The van der Waals surface area contributed by atoms with Crippen LogP contribution in [0.5, 0.6) is 17.2 Å². The summed E-state index contributed by atoms with van der Waals surface area (Å²) < 4.78 is 12.3. The Hall–Kier alpha value is -3.31. The van der Waals surface area contributed by atoms with Crippen LogP contribution in [0.2, 0.25) is 0 Å². The molecule has 2 saturated heterocycles. The first kappa shape index (κ1) is 24.4. The summed E-state index contributed by atoms with van der Waals surface area (Å²) >= 11 is 0. The molecule has 0 aromatic heterocycles. The van der Waals surface area contributed by atoms with Crippen LogP contribution in [0.15, 0.2) is 78.9 Å². The smallest absolute Gasteiger partial charge is 0.253 e. The lowest BCUT2D eigenvalue weighted by Crippen LogP contribution is -2.57. The molecule has 0 spiro atoms. The number of rotatable bonds is 7. The molecule has 0 N–H and O–H groups in total. The predicted molar refractivity (Wildman–Crippen MR) is 143 cm³/mol. The largest absolute Gasteiger partial charge is 0.490 e. The monoisotopic (exact) mass is 484 g/mol. The van der Waals surface area contributed by atoms with Crippen molar-refractivity contribution in [3.8, 4) is 17.2 Å². The van der Waals surface area contributed by atoms with Gasteiger partial charge < -0.3 is 14.4 Å². The van der Waals surface area contributed by atoms with E-state index >= 15 is 0 Å². The molecule has 2 fully saturated rings. The first-order chi connectivity index (χ1) is 17.2. The third-order valence-corrected chi connectivity index (χ3v) is 8.20. The van der Waals surface area contributed by atoms with Crippen molar-refractivity contribution < 1.29 is 14.3 Å². The van der Waals surface area contributed by atoms with Crippen molar-refractivity contribution in [1.82, 2.24) is 9.80 Å². The van der Waals surface area contributed by atoms with Gasteiger partial charge in [0.25, 0.3) is 5.91 Å². The van der Waals surface area contributed by atoms with Gasteiger partial charge in [-0.25, -0.2) is 0 Å². The van der Waals surface area contributed by atoms with E-state index in [0.717, 1.165) is 29.9 Å². The number of hydrogen-bond donors (Lipinski definition) is 0. The molecule has 2 heterocycles. The number of amides is 1. The molecule has 2 aliphatic heterocycles. The first-order valence-corrected chi connectivity index (χ1v) is 12.8. The van der Waals surface area contributed by atoms with Crippen molar-refractivity contribution in [2.45, 2.75) is 63.3 Å². The highest BCUT2D eigenvalue weighted by Gasteiger charge is 2.54. The number of para-hydroxylation sites is 1. The van der Waals surface area contributed by atoms with Gasteiger partial charge in [0.05, 0.1) is 0 Å². The second kappa shape index (κ2) is 9.62. The molecule has 0 saturated carbocycles. The molecule has 36 heavy (non-hydrogen) atoms. The zero-order valence-corrected chi connectivity index (χ0v) is 21.7. The van der Waals surface area contributed by atoms with Crippen LogP contribution in [-0.4, -0.2) is 47.0 Å². The summed E-state index contributed by atoms with van der Waals surface area (Å²) in [5.41, 5.74) is 2.11. The molecule has 3 aromatic carbocycles. The third-order valence-electron chi connectivity index (χ3n) is 8.20. The van der Waals surface area contributed by atoms with E-state index in [2.05, 4.69) is 37.9 Å². The third kappa shape index (κ3) is 4.98. The van der Waals surface area contributed by atoms with Crippen LogP contribution in [0.4, 0.5) is 0 Å². The summed E-state index contributed by atoms with van der Waals surface area (Å²) in [6.45, 7) is 5.25. The number of nitrogens with zero attached hydrogens (tertiary/aromatic N) is 2. The van der Waals surface area contributed by atoms with E-state index in [1.54, 1.807) is 4.90 Å². The highest BCUT2D eigenvalue weighted by molar-refractivity contribution is 5.94. The maximum atomic E-state index is 13.1. The van der Waals surface area contributed by atoms with Gasteiger partial charge in [-0.15, -0.1) is 0 Å². The van der Waals surface area contributed by atoms with Gasteiger partial charge >= 0.3 is 0 Å². The first-order valence-electron chi connectivity index (χ1n) is 12.8. The number of fused-ring (bicyclic) bond motifs is 2. The molecule has 188 valence electrons. The fraction of sp³-hybridized carbons (Fsp3) is 0.387. The number of benzene rings is 3. The number of carbonyl (C=O) groups is 1. The maximum Gasteiger partial charge on any atom is 0.253 e. The zero-order chi connectivity index (χ0) is 25.3. The van der Waals surface area contributed by atoms with Crippen LogP contribution in [0.25, 0.3) is 0 Å². The minimum absolute atomic E-state index is 0.0275.